The van der Waals surface area contributed by atoms with Gasteiger partial charge in [-0.2, -0.15) is 0 Å². The molecule has 0 fully saturated rings. The minimum absolute atomic E-state index is 0.140. The number of rotatable bonds is 5. The lowest BCUT2D eigenvalue weighted by Gasteiger charge is -2.57. The fourth-order valence-corrected chi connectivity index (χ4v) is 6.66. The lowest BCUT2D eigenvalue weighted by molar-refractivity contribution is -0.250. The number of nitrogens with zero attached hydrogens (tertiary/aromatic N) is 1. The number of ketones is 2. The van der Waals surface area contributed by atoms with E-state index in [0.717, 1.165) is 37.0 Å². The zero-order chi connectivity index (χ0) is 24.4. The first-order valence-electron chi connectivity index (χ1n) is 12.4. The second-order valence-corrected chi connectivity index (χ2v) is 10.5. The Morgan fingerprint density at radius 3 is 2.74 bits per heavy atom. The van der Waals surface area contributed by atoms with E-state index in [1.54, 1.807) is 12.2 Å². The van der Waals surface area contributed by atoms with Crippen LogP contribution in [0, 0.1) is 11.3 Å². The molecule has 0 radical (unpaired) electrons. The van der Waals surface area contributed by atoms with E-state index in [4.69, 9.17) is 9.57 Å². The predicted octanol–water partition coefficient (Wildman–Crippen LogP) is 3.50. The van der Waals surface area contributed by atoms with Gasteiger partial charge < -0.3 is 9.84 Å². The van der Waals surface area contributed by atoms with Crippen molar-refractivity contribution in [2.75, 3.05) is 13.2 Å². The topological polar surface area (TPSA) is 93.1 Å². The number of hydrogen-bond acceptors (Lipinski definition) is 7. The van der Waals surface area contributed by atoms with Gasteiger partial charge in [0.25, 0.3) is 0 Å². The molecular weight excluding hydrogens is 434 g/mol. The third kappa shape index (κ3) is 3.06. The monoisotopic (exact) mass is 467 g/mol. The molecule has 0 aromatic carbocycles. The molecule has 5 rings (SSSR count). The number of aliphatic hydroxyl groups is 1. The van der Waals surface area contributed by atoms with Gasteiger partial charge in [-0.3, -0.25) is 24.3 Å². The number of allylic oxidation sites excluding steroid dienone is 3. The van der Waals surface area contributed by atoms with Gasteiger partial charge in [0.2, 0.25) is 5.78 Å². The SMILES string of the molecule is CCCN1O[C@@]2(C(=O)COC(C)=O)C(=CC(=O)C3=C[C@@H](C)[C@@H](O)C[C@@]32C)C2=C1C1=C(CCC1)C2. The first-order valence-corrected chi connectivity index (χ1v) is 12.4. The number of carbonyl (C=O) groups excluding carboxylic acids is 3. The van der Waals surface area contributed by atoms with Gasteiger partial charge in [0.1, 0.15) is 0 Å². The number of hydrogen-bond donors (Lipinski definition) is 1. The highest BCUT2D eigenvalue weighted by atomic mass is 16.7. The number of fused-ring (bicyclic) bond motifs is 5. The average Bonchev–Trinajstić information content (AvgIpc) is 3.36. The van der Waals surface area contributed by atoms with Crippen molar-refractivity contribution < 1.29 is 29.1 Å². The highest BCUT2D eigenvalue weighted by Crippen LogP contribution is 2.62. The third-order valence-electron chi connectivity index (χ3n) is 8.29. The quantitative estimate of drug-likeness (QED) is 0.619. The summed E-state index contributed by atoms with van der Waals surface area (Å²) in [6.45, 7) is 7.18. The van der Waals surface area contributed by atoms with Crippen molar-refractivity contribution in [3.8, 4) is 0 Å². The first-order chi connectivity index (χ1) is 16.1. The molecule has 0 amide bonds. The third-order valence-corrected chi connectivity index (χ3v) is 8.29. The Kier molecular flexibility index (Phi) is 5.48. The van der Waals surface area contributed by atoms with Crippen molar-refractivity contribution in [3.63, 3.8) is 0 Å². The second-order valence-electron chi connectivity index (χ2n) is 10.5. The smallest absolute Gasteiger partial charge is 0.303 e. The summed E-state index contributed by atoms with van der Waals surface area (Å²) in [4.78, 5) is 45.9. The molecule has 7 heteroatoms. The number of esters is 1. The lowest BCUT2D eigenvalue weighted by atomic mass is 9.52. The molecular formula is C27H33NO6. The van der Waals surface area contributed by atoms with Crippen molar-refractivity contribution in [1.29, 1.82) is 0 Å². The van der Waals surface area contributed by atoms with Gasteiger partial charge >= 0.3 is 5.97 Å². The van der Waals surface area contributed by atoms with Crippen LogP contribution in [0.3, 0.4) is 0 Å². The Labute approximate surface area is 200 Å². The molecule has 4 aliphatic carbocycles. The molecule has 1 N–H and O–H groups in total. The van der Waals surface area contributed by atoms with Gasteiger partial charge in [-0.1, -0.05) is 32.4 Å². The first kappa shape index (κ1) is 23.2. The van der Waals surface area contributed by atoms with Crippen LogP contribution in [-0.4, -0.2) is 52.6 Å². The number of Topliss-reactive ketones (excluding diaryl/α,β-unsaturated/α-hetero) is 1. The molecule has 1 heterocycles. The Hall–Kier alpha value is -2.51. The maximum Gasteiger partial charge on any atom is 0.303 e. The van der Waals surface area contributed by atoms with Crippen LogP contribution in [0.15, 0.2) is 45.7 Å². The van der Waals surface area contributed by atoms with Gasteiger partial charge in [-0.05, 0) is 55.7 Å². The van der Waals surface area contributed by atoms with Crippen molar-refractivity contribution in [3.05, 3.63) is 45.7 Å². The second kappa shape index (κ2) is 8.02. The van der Waals surface area contributed by atoms with Crippen LogP contribution in [0.2, 0.25) is 0 Å². The summed E-state index contributed by atoms with van der Waals surface area (Å²) in [5.41, 5.74) is 3.02. The number of ether oxygens (including phenoxy) is 1. The summed E-state index contributed by atoms with van der Waals surface area (Å²) >= 11 is 0. The Balaban J connectivity index is 1.75. The van der Waals surface area contributed by atoms with Crippen LogP contribution >= 0.6 is 0 Å². The summed E-state index contributed by atoms with van der Waals surface area (Å²) < 4.78 is 5.17. The lowest BCUT2D eigenvalue weighted by Crippen LogP contribution is -2.66. The zero-order valence-corrected chi connectivity index (χ0v) is 20.4. The largest absolute Gasteiger partial charge is 0.458 e. The van der Waals surface area contributed by atoms with Gasteiger partial charge in [0.05, 0.1) is 11.8 Å². The average molecular weight is 468 g/mol. The molecule has 0 aromatic heterocycles. The van der Waals surface area contributed by atoms with E-state index in [-0.39, 0.29) is 18.1 Å². The Bertz CT molecular complexity index is 1110. The molecule has 0 unspecified atom stereocenters. The highest BCUT2D eigenvalue weighted by molar-refractivity contribution is 6.12. The highest BCUT2D eigenvalue weighted by Gasteiger charge is 2.67. The predicted molar refractivity (Wildman–Crippen MR) is 124 cm³/mol. The molecule has 5 aliphatic rings. The Morgan fingerprint density at radius 1 is 1.26 bits per heavy atom. The van der Waals surface area contributed by atoms with Gasteiger partial charge in [0, 0.05) is 35.9 Å². The number of hydroxylamine groups is 2. The van der Waals surface area contributed by atoms with Crippen LogP contribution in [-0.2, 0) is 24.0 Å². The summed E-state index contributed by atoms with van der Waals surface area (Å²) in [7, 11) is 0. The van der Waals surface area contributed by atoms with Crippen LogP contribution < -0.4 is 0 Å². The van der Waals surface area contributed by atoms with E-state index in [0.29, 0.717) is 24.1 Å². The normalized spacial score (nSPS) is 34.3. The van der Waals surface area contributed by atoms with E-state index in [9.17, 15) is 19.5 Å². The summed E-state index contributed by atoms with van der Waals surface area (Å²) in [6, 6.07) is 0. The molecule has 4 atom stereocenters. The van der Waals surface area contributed by atoms with Crippen molar-refractivity contribution in [1.82, 2.24) is 5.06 Å². The molecule has 182 valence electrons. The zero-order valence-electron chi connectivity index (χ0n) is 20.4. The van der Waals surface area contributed by atoms with E-state index < -0.39 is 35.5 Å². The molecule has 0 aromatic rings. The molecule has 0 spiro atoms. The van der Waals surface area contributed by atoms with Gasteiger partial charge in [-0.25, -0.2) is 0 Å². The molecule has 0 saturated heterocycles. The van der Waals surface area contributed by atoms with Crippen LogP contribution in [0.4, 0.5) is 0 Å². The van der Waals surface area contributed by atoms with E-state index >= 15 is 0 Å². The maximum atomic E-state index is 14.1. The standard InChI is InChI=1S/C27H33NO6/c1-5-9-28-25-18-8-6-7-17(18)11-19(25)20-12-22(30)21-10-15(2)23(31)13-26(21,4)27(20,34-28)24(32)14-33-16(3)29/h10,12,15,23,31H,5-9,11,13-14H2,1-4H3/t15-,23+,26+,27-/m1/s1. The number of carbonyl (C=O) groups is 3. The summed E-state index contributed by atoms with van der Waals surface area (Å²) in [6.07, 6.45) is 7.41. The molecule has 1 aliphatic heterocycles. The minimum atomic E-state index is -1.56. The maximum absolute atomic E-state index is 14.1. The fraction of sp³-hybridized carbons (Fsp3) is 0.593. The van der Waals surface area contributed by atoms with E-state index in [1.165, 1.54) is 18.1 Å². The van der Waals surface area contributed by atoms with E-state index in [2.05, 4.69) is 6.92 Å². The van der Waals surface area contributed by atoms with Crippen LogP contribution in [0.25, 0.3) is 0 Å². The summed E-state index contributed by atoms with van der Waals surface area (Å²) in [5, 5.41) is 12.8. The van der Waals surface area contributed by atoms with Gasteiger partial charge in [0.15, 0.2) is 18.0 Å². The van der Waals surface area contributed by atoms with E-state index in [1.807, 2.05) is 18.9 Å². The number of aliphatic hydroxyl groups excluding tert-OH is 1. The summed E-state index contributed by atoms with van der Waals surface area (Å²) in [5.74, 6) is -1.32. The van der Waals surface area contributed by atoms with Crippen molar-refractivity contribution in [2.24, 2.45) is 11.3 Å². The Morgan fingerprint density at radius 2 is 2.03 bits per heavy atom. The van der Waals surface area contributed by atoms with Crippen LogP contribution in [0.1, 0.15) is 66.2 Å². The van der Waals surface area contributed by atoms with Crippen molar-refractivity contribution in [2.45, 2.75) is 77.9 Å². The molecule has 7 nitrogen and oxygen atoms in total. The minimum Gasteiger partial charge on any atom is -0.458 e. The van der Waals surface area contributed by atoms with Gasteiger partial charge in [-0.15, -0.1) is 0 Å². The molecule has 34 heavy (non-hydrogen) atoms. The van der Waals surface area contributed by atoms with Crippen LogP contribution in [0.5, 0.6) is 0 Å². The molecule has 0 saturated carbocycles. The molecule has 0 bridgehead atoms. The van der Waals surface area contributed by atoms with Crippen molar-refractivity contribution >= 4 is 17.5 Å². The fourth-order valence-electron chi connectivity index (χ4n) is 6.66.